The fraction of sp³-hybridized carbons (Fsp3) is 0.345. The van der Waals surface area contributed by atoms with Gasteiger partial charge in [0.15, 0.2) is 0 Å². The smallest absolute Gasteiger partial charge is 0.0849 e. The number of aliphatic imine (C=N–C) groups is 2. The maximum Gasteiger partial charge on any atom is 0.0849 e. The molecule has 0 N–H and O–H groups in total. The van der Waals surface area contributed by atoms with Gasteiger partial charge in [-0.2, -0.15) is 0 Å². The Bertz CT molecular complexity index is 1080. The van der Waals surface area contributed by atoms with E-state index in [1.807, 2.05) is 32.0 Å². The summed E-state index contributed by atoms with van der Waals surface area (Å²) in [5.41, 5.74) is 10.6. The van der Waals surface area contributed by atoms with E-state index in [1.165, 1.54) is 22.3 Å². The molecule has 0 fully saturated rings. The summed E-state index contributed by atoms with van der Waals surface area (Å²) in [6, 6.07) is 18.9. The molecule has 1 radical (unpaired) electrons. The minimum absolute atomic E-state index is 0. The SMILES string of the molecule is CC(=Nc1c(C)cccc1C(C)C)c1cccc(C(C)=Nc2c(C)cccc2C(C)C)n1.[Co]. The summed E-state index contributed by atoms with van der Waals surface area (Å²) in [5.74, 6) is 0.832. The first-order valence-electron chi connectivity index (χ1n) is 11.5. The Morgan fingerprint density at radius 3 is 1.36 bits per heavy atom. The maximum atomic E-state index is 5.00. The van der Waals surface area contributed by atoms with Crippen LogP contribution in [0, 0.1) is 13.8 Å². The van der Waals surface area contributed by atoms with Crippen molar-refractivity contribution in [3.63, 3.8) is 0 Å². The van der Waals surface area contributed by atoms with E-state index in [2.05, 4.69) is 77.9 Å². The molecular weight excluding hydrogens is 449 g/mol. The first-order valence-corrected chi connectivity index (χ1v) is 11.5. The quantitative estimate of drug-likeness (QED) is 0.325. The van der Waals surface area contributed by atoms with E-state index in [1.54, 1.807) is 0 Å². The first kappa shape index (κ1) is 26.7. The van der Waals surface area contributed by atoms with Gasteiger partial charge in [-0.05, 0) is 73.9 Å². The van der Waals surface area contributed by atoms with Crippen LogP contribution in [0.2, 0.25) is 0 Å². The molecular formula is C29H35CoN3. The molecule has 0 atom stereocenters. The minimum Gasteiger partial charge on any atom is -0.251 e. The van der Waals surface area contributed by atoms with Crippen LogP contribution in [-0.4, -0.2) is 16.4 Å². The normalized spacial score (nSPS) is 12.3. The number of pyridine rings is 1. The van der Waals surface area contributed by atoms with Gasteiger partial charge in [0.1, 0.15) is 0 Å². The van der Waals surface area contributed by atoms with Gasteiger partial charge in [0.2, 0.25) is 0 Å². The fourth-order valence-electron chi connectivity index (χ4n) is 3.89. The van der Waals surface area contributed by atoms with E-state index >= 15 is 0 Å². The molecule has 3 rings (SSSR count). The molecule has 1 aromatic heterocycles. The molecule has 3 nitrogen and oxygen atoms in total. The van der Waals surface area contributed by atoms with Gasteiger partial charge in [0.05, 0.1) is 34.2 Å². The third kappa shape index (κ3) is 6.27. The molecule has 1 heterocycles. The average molecular weight is 485 g/mol. The topological polar surface area (TPSA) is 37.6 Å². The molecule has 0 amide bonds. The molecule has 4 heteroatoms. The monoisotopic (exact) mass is 484 g/mol. The van der Waals surface area contributed by atoms with Crippen LogP contribution in [0.25, 0.3) is 0 Å². The van der Waals surface area contributed by atoms with Gasteiger partial charge < -0.3 is 0 Å². The van der Waals surface area contributed by atoms with Crippen molar-refractivity contribution in [1.29, 1.82) is 0 Å². The van der Waals surface area contributed by atoms with Gasteiger partial charge in [-0.3, -0.25) is 9.98 Å². The molecule has 0 unspecified atom stereocenters. The molecule has 0 aliphatic rings. The number of aromatic nitrogens is 1. The van der Waals surface area contributed by atoms with E-state index in [9.17, 15) is 0 Å². The summed E-state index contributed by atoms with van der Waals surface area (Å²) >= 11 is 0. The van der Waals surface area contributed by atoms with Crippen molar-refractivity contribution in [3.8, 4) is 0 Å². The van der Waals surface area contributed by atoms with Gasteiger partial charge in [0.25, 0.3) is 0 Å². The van der Waals surface area contributed by atoms with E-state index in [-0.39, 0.29) is 16.8 Å². The second kappa shape index (κ2) is 11.5. The minimum atomic E-state index is 0. The van der Waals surface area contributed by atoms with Crippen molar-refractivity contribution < 1.29 is 16.8 Å². The summed E-state index contributed by atoms with van der Waals surface area (Å²) in [5, 5.41) is 0. The Balaban J connectivity index is 0.00000385. The van der Waals surface area contributed by atoms with Gasteiger partial charge in [0, 0.05) is 16.8 Å². The van der Waals surface area contributed by atoms with Gasteiger partial charge in [-0.25, -0.2) is 4.98 Å². The summed E-state index contributed by atoms with van der Waals surface area (Å²) in [6.07, 6.45) is 0. The van der Waals surface area contributed by atoms with E-state index in [0.717, 1.165) is 34.2 Å². The van der Waals surface area contributed by atoms with Crippen LogP contribution in [0.5, 0.6) is 0 Å². The number of benzene rings is 2. The van der Waals surface area contributed by atoms with Crippen LogP contribution in [0.4, 0.5) is 11.4 Å². The molecule has 0 spiro atoms. The van der Waals surface area contributed by atoms with Gasteiger partial charge >= 0.3 is 0 Å². The summed E-state index contributed by atoms with van der Waals surface area (Å²) in [7, 11) is 0. The predicted molar refractivity (Wildman–Crippen MR) is 139 cm³/mol. The van der Waals surface area contributed by atoms with Crippen LogP contribution in [0.1, 0.15) is 87.0 Å². The van der Waals surface area contributed by atoms with Crippen molar-refractivity contribution in [1.82, 2.24) is 4.98 Å². The number of hydrogen-bond acceptors (Lipinski definition) is 3. The Labute approximate surface area is 209 Å². The van der Waals surface area contributed by atoms with Crippen LogP contribution in [0.15, 0.2) is 64.6 Å². The number of para-hydroxylation sites is 2. The zero-order chi connectivity index (χ0) is 23.4. The maximum absolute atomic E-state index is 5.00. The Morgan fingerprint density at radius 2 is 1.00 bits per heavy atom. The zero-order valence-electron chi connectivity index (χ0n) is 21.0. The molecule has 0 saturated heterocycles. The molecule has 0 saturated carbocycles. The Morgan fingerprint density at radius 1 is 0.636 bits per heavy atom. The standard InChI is InChI=1S/C29H35N3.Co/c1-18(2)24-14-9-12-20(5)28(24)30-22(7)26-16-11-17-27(32-26)23(8)31-29-21(6)13-10-15-25(29)19(3)4;/h9-19H,1-8H3;. The third-order valence-electron chi connectivity index (χ3n) is 5.83. The molecule has 0 aliphatic heterocycles. The van der Waals surface area contributed by atoms with Gasteiger partial charge in [-0.1, -0.05) is 70.2 Å². The average Bonchev–Trinajstić information content (AvgIpc) is 2.76. The van der Waals surface area contributed by atoms with E-state index < -0.39 is 0 Å². The van der Waals surface area contributed by atoms with E-state index in [4.69, 9.17) is 15.0 Å². The summed E-state index contributed by atoms with van der Waals surface area (Å²) in [6.45, 7) is 17.1. The summed E-state index contributed by atoms with van der Waals surface area (Å²) in [4.78, 5) is 14.9. The third-order valence-corrected chi connectivity index (χ3v) is 5.83. The van der Waals surface area contributed by atoms with Crippen molar-refractivity contribution >= 4 is 22.8 Å². The van der Waals surface area contributed by atoms with Crippen molar-refractivity contribution in [2.75, 3.05) is 0 Å². The largest absolute Gasteiger partial charge is 0.251 e. The molecule has 2 aromatic carbocycles. The fourth-order valence-corrected chi connectivity index (χ4v) is 3.89. The Kier molecular flexibility index (Phi) is 9.32. The van der Waals surface area contributed by atoms with Gasteiger partial charge in [-0.15, -0.1) is 0 Å². The second-order valence-corrected chi connectivity index (χ2v) is 9.14. The van der Waals surface area contributed by atoms with Crippen molar-refractivity contribution in [2.24, 2.45) is 9.98 Å². The molecule has 0 bridgehead atoms. The van der Waals surface area contributed by atoms with Crippen LogP contribution in [-0.2, 0) is 16.8 Å². The number of aryl methyl sites for hydroxylation is 2. The Hall–Kier alpha value is -2.56. The second-order valence-electron chi connectivity index (χ2n) is 9.14. The molecule has 3 aromatic rings. The van der Waals surface area contributed by atoms with Crippen molar-refractivity contribution in [2.45, 2.75) is 67.2 Å². The van der Waals surface area contributed by atoms with Crippen LogP contribution >= 0.6 is 0 Å². The number of hydrogen-bond donors (Lipinski definition) is 0. The predicted octanol–water partition coefficient (Wildman–Crippen LogP) is 8.22. The van der Waals surface area contributed by atoms with Crippen molar-refractivity contribution in [3.05, 3.63) is 88.2 Å². The molecule has 175 valence electrons. The van der Waals surface area contributed by atoms with Crippen LogP contribution in [0.3, 0.4) is 0 Å². The van der Waals surface area contributed by atoms with Crippen LogP contribution < -0.4 is 0 Å². The summed E-state index contributed by atoms with van der Waals surface area (Å²) < 4.78 is 0. The number of nitrogens with zero attached hydrogens (tertiary/aromatic N) is 3. The number of rotatable bonds is 6. The molecule has 33 heavy (non-hydrogen) atoms. The zero-order valence-corrected chi connectivity index (χ0v) is 22.1. The van der Waals surface area contributed by atoms with E-state index in [0.29, 0.717) is 11.8 Å². The first-order chi connectivity index (χ1) is 15.2. The molecule has 0 aliphatic carbocycles.